The van der Waals surface area contributed by atoms with Crippen molar-refractivity contribution < 1.29 is 29.5 Å². The molecule has 35 heavy (non-hydrogen) atoms. The summed E-state index contributed by atoms with van der Waals surface area (Å²) in [7, 11) is 0. The van der Waals surface area contributed by atoms with Crippen LogP contribution in [0.1, 0.15) is 18.4 Å². The number of rotatable bonds is 8. The Morgan fingerprint density at radius 3 is 2.63 bits per heavy atom. The van der Waals surface area contributed by atoms with Gasteiger partial charge in [0.05, 0.1) is 18.8 Å². The molecule has 0 bridgehead atoms. The van der Waals surface area contributed by atoms with E-state index < -0.39 is 61.0 Å². The lowest BCUT2D eigenvalue weighted by Crippen LogP contribution is -2.67. The molecule has 1 saturated heterocycles. The maximum atomic E-state index is 10.8. The van der Waals surface area contributed by atoms with Crippen molar-refractivity contribution in [3.8, 4) is 0 Å². The number of hydrogen-bond acceptors (Lipinski definition) is 12. The van der Waals surface area contributed by atoms with Crippen LogP contribution in [-0.2, 0) is 20.6 Å². The van der Waals surface area contributed by atoms with Crippen LogP contribution >= 0.6 is 0 Å². The van der Waals surface area contributed by atoms with Crippen molar-refractivity contribution in [2.75, 3.05) is 36.9 Å². The van der Waals surface area contributed by atoms with Crippen LogP contribution < -0.4 is 33.6 Å². The molecule has 4 rings (SSSR count). The first-order valence-corrected chi connectivity index (χ1v) is 12.3. The number of hydrogen-bond donors (Lipinski definition) is 9. The fourth-order valence-corrected chi connectivity index (χ4v) is 5.04. The van der Waals surface area contributed by atoms with Gasteiger partial charge in [-0.1, -0.05) is 0 Å². The van der Waals surface area contributed by atoms with Gasteiger partial charge >= 0.3 is 0 Å². The molecule has 2 heterocycles. The lowest BCUT2D eigenvalue weighted by Gasteiger charge is -2.46. The maximum absolute atomic E-state index is 10.8. The lowest BCUT2D eigenvalue weighted by molar-refractivity contribution is -0.290. The monoisotopic (exact) mass is 496 g/mol. The standard InChI is InChI=1S/C23H40N6O6/c24-10-16-19(31)20(32)17(27)23(34-16)35-21-14(26)9-13(25)18(30)22(21)33-7-6-28-12-3-4-15-11(8-12)2-1-5-29-15/h3-4,8,13-14,16-23,28-32H,1-2,5-7,9-10,24-27H2/t13-,14+,16-,17-,18+,19-,20-,21-,22-,23-/m1/s1. The van der Waals surface area contributed by atoms with E-state index in [1.54, 1.807) is 0 Å². The third-order valence-corrected chi connectivity index (χ3v) is 7.12. The average Bonchev–Trinajstić information content (AvgIpc) is 2.86. The summed E-state index contributed by atoms with van der Waals surface area (Å²) in [4.78, 5) is 0. The zero-order valence-corrected chi connectivity index (χ0v) is 19.8. The van der Waals surface area contributed by atoms with Gasteiger partial charge in [-0.2, -0.15) is 0 Å². The van der Waals surface area contributed by atoms with Gasteiger partial charge in [-0.15, -0.1) is 0 Å². The minimum absolute atomic E-state index is 0.0284. The van der Waals surface area contributed by atoms with E-state index in [1.807, 2.05) is 6.07 Å². The molecule has 0 unspecified atom stereocenters. The highest BCUT2D eigenvalue weighted by atomic mass is 16.7. The first-order chi connectivity index (χ1) is 16.8. The molecule has 198 valence electrons. The molecule has 13 N–H and O–H groups in total. The molecule has 0 amide bonds. The van der Waals surface area contributed by atoms with Crippen molar-refractivity contribution in [2.45, 2.75) is 80.3 Å². The SMILES string of the molecule is NC[C@H]1O[C@H](O[C@H]2[C@H](OCCNc3ccc4c(c3)CCCN4)[C@@H](O)[C@H](N)C[C@@H]2N)[C@H](N)[C@@H](O)[C@@H]1O. The number of anilines is 2. The van der Waals surface area contributed by atoms with E-state index in [-0.39, 0.29) is 13.2 Å². The number of aliphatic hydroxyl groups excluding tert-OH is 3. The van der Waals surface area contributed by atoms with Crippen LogP contribution in [0.4, 0.5) is 11.4 Å². The van der Waals surface area contributed by atoms with Crippen molar-refractivity contribution in [3.63, 3.8) is 0 Å². The normalized spacial score (nSPS) is 39.5. The molecule has 2 aliphatic heterocycles. The molecule has 12 nitrogen and oxygen atoms in total. The third-order valence-electron chi connectivity index (χ3n) is 7.12. The molecule has 2 fully saturated rings. The highest BCUT2D eigenvalue weighted by molar-refractivity contribution is 5.60. The first kappa shape index (κ1) is 26.5. The van der Waals surface area contributed by atoms with Gasteiger partial charge in [-0.05, 0) is 43.0 Å². The summed E-state index contributed by atoms with van der Waals surface area (Å²) in [6.45, 7) is 1.72. The van der Waals surface area contributed by atoms with E-state index in [1.165, 1.54) is 11.3 Å². The number of nitrogens with two attached hydrogens (primary N) is 4. The fourth-order valence-electron chi connectivity index (χ4n) is 5.04. The smallest absolute Gasteiger partial charge is 0.176 e. The van der Waals surface area contributed by atoms with Gasteiger partial charge in [-0.25, -0.2) is 0 Å². The summed E-state index contributed by atoms with van der Waals surface area (Å²) in [6, 6.07) is 4.03. The summed E-state index contributed by atoms with van der Waals surface area (Å²) in [5.41, 5.74) is 27.6. The van der Waals surface area contributed by atoms with E-state index in [0.717, 1.165) is 25.1 Å². The zero-order chi connectivity index (χ0) is 25.1. The Balaban J connectivity index is 1.37. The van der Waals surface area contributed by atoms with Crippen molar-refractivity contribution in [1.29, 1.82) is 0 Å². The number of aryl methyl sites for hydroxylation is 1. The summed E-state index contributed by atoms with van der Waals surface area (Å²) < 4.78 is 17.8. The predicted molar refractivity (Wildman–Crippen MR) is 131 cm³/mol. The van der Waals surface area contributed by atoms with Crippen molar-refractivity contribution in [2.24, 2.45) is 22.9 Å². The van der Waals surface area contributed by atoms with Gasteiger partial charge in [0.1, 0.15) is 30.5 Å². The quantitative estimate of drug-likeness (QED) is 0.169. The zero-order valence-electron chi connectivity index (χ0n) is 19.8. The van der Waals surface area contributed by atoms with Gasteiger partial charge in [-0.3, -0.25) is 0 Å². The number of nitrogens with one attached hydrogen (secondary N) is 2. The predicted octanol–water partition coefficient (Wildman–Crippen LogP) is -2.62. The van der Waals surface area contributed by atoms with Crippen LogP contribution in [0.3, 0.4) is 0 Å². The second-order valence-electron chi connectivity index (χ2n) is 9.66. The van der Waals surface area contributed by atoms with Crippen molar-refractivity contribution in [3.05, 3.63) is 23.8 Å². The van der Waals surface area contributed by atoms with Gasteiger partial charge in [0.25, 0.3) is 0 Å². The van der Waals surface area contributed by atoms with Gasteiger partial charge in [0.15, 0.2) is 6.29 Å². The number of fused-ring (bicyclic) bond motifs is 1. The molecule has 12 heteroatoms. The van der Waals surface area contributed by atoms with Crippen LogP contribution in [0.25, 0.3) is 0 Å². The fraction of sp³-hybridized carbons (Fsp3) is 0.739. The summed E-state index contributed by atoms with van der Waals surface area (Å²) in [5.74, 6) is 0. The van der Waals surface area contributed by atoms with E-state index in [4.69, 9.17) is 37.1 Å². The Kier molecular flexibility index (Phi) is 8.81. The molecular weight excluding hydrogens is 456 g/mol. The highest BCUT2D eigenvalue weighted by Gasteiger charge is 2.48. The van der Waals surface area contributed by atoms with Crippen LogP contribution in [0.5, 0.6) is 0 Å². The Bertz CT molecular complexity index is 834. The molecule has 0 spiro atoms. The van der Waals surface area contributed by atoms with E-state index in [0.29, 0.717) is 13.0 Å². The minimum Gasteiger partial charge on any atom is -0.389 e. The molecular formula is C23H40N6O6. The minimum atomic E-state index is -1.29. The molecule has 1 saturated carbocycles. The molecule has 1 aromatic rings. The Hall–Kier alpha value is -1.58. The topological polar surface area (TPSA) is 217 Å². The largest absolute Gasteiger partial charge is 0.389 e. The van der Waals surface area contributed by atoms with Gasteiger partial charge < -0.3 is 63.1 Å². The second kappa shape index (κ2) is 11.6. The molecule has 10 atom stereocenters. The van der Waals surface area contributed by atoms with Gasteiger partial charge in [0, 0.05) is 43.1 Å². The van der Waals surface area contributed by atoms with Crippen LogP contribution in [-0.4, -0.2) is 103 Å². The van der Waals surface area contributed by atoms with E-state index in [9.17, 15) is 15.3 Å². The van der Waals surface area contributed by atoms with E-state index in [2.05, 4.69) is 22.8 Å². The highest BCUT2D eigenvalue weighted by Crippen LogP contribution is 2.29. The molecule has 0 aromatic heterocycles. The van der Waals surface area contributed by atoms with E-state index >= 15 is 0 Å². The summed E-state index contributed by atoms with van der Waals surface area (Å²) >= 11 is 0. The molecule has 0 radical (unpaired) electrons. The van der Waals surface area contributed by atoms with Crippen molar-refractivity contribution >= 4 is 11.4 Å². The molecule has 1 aliphatic carbocycles. The number of benzene rings is 1. The van der Waals surface area contributed by atoms with Crippen LogP contribution in [0, 0.1) is 0 Å². The third kappa shape index (κ3) is 5.88. The average molecular weight is 497 g/mol. The van der Waals surface area contributed by atoms with Crippen LogP contribution in [0.2, 0.25) is 0 Å². The molecule has 3 aliphatic rings. The molecule has 1 aromatic carbocycles. The first-order valence-electron chi connectivity index (χ1n) is 12.3. The van der Waals surface area contributed by atoms with Crippen molar-refractivity contribution in [1.82, 2.24) is 0 Å². The summed E-state index contributed by atoms with van der Waals surface area (Å²) in [5, 5.41) is 37.9. The summed E-state index contributed by atoms with van der Waals surface area (Å²) in [6.07, 6.45) is -4.65. The maximum Gasteiger partial charge on any atom is 0.176 e. The number of ether oxygens (including phenoxy) is 3. The van der Waals surface area contributed by atoms with Crippen LogP contribution in [0.15, 0.2) is 18.2 Å². The Labute approximate surface area is 205 Å². The number of aliphatic hydroxyl groups is 3. The second-order valence-corrected chi connectivity index (χ2v) is 9.66. The lowest BCUT2D eigenvalue weighted by atomic mass is 9.84. The van der Waals surface area contributed by atoms with Gasteiger partial charge in [0.2, 0.25) is 0 Å². The Morgan fingerprint density at radius 2 is 1.86 bits per heavy atom. The Morgan fingerprint density at radius 1 is 1.06 bits per heavy atom.